The van der Waals surface area contributed by atoms with E-state index in [1.807, 2.05) is 6.92 Å². The number of aryl methyl sites for hydroxylation is 1. The molecule has 1 saturated heterocycles. The number of hydrogen-bond acceptors (Lipinski definition) is 6. The van der Waals surface area contributed by atoms with Gasteiger partial charge in [0.15, 0.2) is 0 Å². The van der Waals surface area contributed by atoms with Crippen LogP contribution in [-0.4, -0.2) is 43.2 Å². The van der Waals surface area contributed by atoms with Crippen molar-refractivity contribution < 1.29 is 9.53 Å². The first kappa shape index (κ1) is 16.6. The van der Waals surface area contributed by atoms with Gasteiger partial charge < -0.3 is 15.4 Å². The fourth-order valence-electron chi connectivity index (χ4n) is 2.50. The molecule has 3 rings (SSSR count). The zero-order valence-corrected chi connectivity index (χ0v) is 14.8. The van der Waals surface area contributed by atoms with E-state index < -0.39 is 0 Å². The molecule has 0 aromatic carbocycles. The SMILES string of the molecule is Cc1nc(-c2ccc(CCNC(=O)CC3COCCN3)s2)cs1. The third-order valence-corrected chi connectivity index (χ3v) is 5.60. The molecule has 2 aromatic rings. The molecule has 124 valence electrons. The van der Waals surface area contributed by atoms with Gasteiger partial charge in [-0.25, -0.2) is 4.98 Å². The lowest BCUT2D eigenvalue weighted by Crippen LogP contribution is -2.44. The van der Waals surface area contributed by atoms with E-state index in [1.165, 1.54) is 9.75 Å². The summed E-state index contributed by atoms with van der Waals surface area (Å²) in [5.41, 5.74) is 1.05. The van der Waals surface area contributed by atoms with Crippen molar-refractivity contribution in [2.45, 2.75) is 25.8 Å². The maximum absolute atomic E-state index is 11.9. The quantitative estimate of drug-likeness (QED) is 0.838. The number of nitrogens with one attached hydrogen (secondary N) is 2. The van der Waals surface area contributed by atoms with Gasteiger partial charge in [0, 0.05) is 35.8 Å². The lowest BCUT2D eigenvalue weighted by Gasteiger charge is -2.23. The van der Waals surface area contributed by atoms with Crippen LogP contribution in [0.4, 0.5) is 0 Å². The summed E-state index contributed by atoms with van der Waals surface area (Å²) >= 11 is 3.42. The Kier molecular flexibility index (Phi) is 5.77. The second-order valence-electron chi connectivity index (χ2n) is 5.55. The second kappa shape index (κ2) is 8.01. The summed E-state index contributed by atoms with van der Waals surface area (Å²) in [6, 6.07) is 4.38. The van der Waals surface area contributed by atoms with Gasteiger partial charge in [-0.05, 0) is 25.5 Å². The molecule has 1 aliphatic rings. The van der Waals surface area contributed by atoms with E-state index in [0.29, 0.717) is 19.6 Å². The zero-order chi connectivity index (χ0) is 16.1. The molecule has 1 atom stereocenters. The summed E-state index contributed by atoms with van der Waals surface area (Å²) in [5.74, 6) is 0.0832. The van der Waals surface area contributed by atoms with Gasteiger partial charge in [-0.1, -0.05) is 0 Å². The van der Waals surface area contributed by atoms with Gasteiger partial charge in [-0.2, -0.15) is 0 Å². The summed E-state index contributed by atoms with van der Waals surface area (Å²) in [7, 11) is 0. The normalized spacial score (nSPS) is 18.0. The number of thiazole rings is 1. The third kappa shape index (κ3) is 4.84. The fourth-order valence-corrected chi connectivity index (χ4v) is 4.15. The molecular weight excluding hydrogens is 330 g/mol. The minimum Gasteiger partial charge on any atom is -0.378 e. The number of morpholine rings is 1. The van der Waals surface area contributed by atoms with Crippen LogP contribution in [0.2, 0.25) is 0 Å². The molecule has 23 heavy (non-hydrogen) atoms. The van der Waals surface area contributed by atoms with Crippen LogP contribution >= 0.6 is 22.7 Å². The molecule has 5 nitrogen and oxygen atoms in total. The Morgan fingerprint density at radius 2 is 2.43 bits per heavy atom. The summed E-state index contributed by atoms with van der Waals surface area (Å²) in [6.45, 7) is 4.87. The van der Waals surface area contributed by atoms with E-state index in [9.17, 15) is 4.79 Å². The molecule has 1 fully saturated rings. The van der Waals surface area contributed by atoms with Crippen LogP contribution in [0.3, 0.4) is 0 Å². The minimum atomic E-state index is 0.0832. The van der Waals surface area contributed by atoms with Crippen molar-refractivity contribution in [2.24, 2.45) is 0 Å². The maximum Gasteiger partial charge on any atom is 0.221 e. The number of thiophene rings is 1. The lowest BCUT2D eigenvalue weighted by molar-refractivity contribution is -0.122. The Morgan fingerprint density at radius 1 is 1.52 bits per heavy atom. The van der Waals surface area contributed by atoms with Crippen molar-refractivity contribution in [3.63, 3.8) is 0 Å². The van der Waals surface area contributed by atoms with Crippen LogP contribution < -0.4 is 10.6 Å². The molecule has 0 aliphatic carbocycles. The number of carbonyl (C=O) groups excluding carboxylic acids is 1. The maximum atomic E-state index is 11.9. The molecule has 1 unspecified atom stereocenters. The number of rotatable bonds is 6. The van der Waals surface area contributed by atoms with Crippen molar-refractivity contribution in [1.29, 1.82) is 0 Å². The van der Waals surface area contributed by atoms with Gasteiger partial charge in [0.25, 0.3) is 0 Å². The fraction of sp³-hybridized carbons (Fsp3) is 0.500. The van der Waals surface area contributed by atoms with E-state index in [1.54, 1.807) is 22.7 Å². The van der Waals surface area contributed by atoms with Gasteiger partial charge in [0.05, 0.1) is 28.8 Å². The Hall–Kier alpha value is -1.28. The Balaban J connectivity index is 1.42. The molecule has 0 bridgehead atoms. The monoisotopic (exact) mass is 351 g/mol. The van der Waals surface area contributed by atoms with E-state index in [2.05, 4.69) is 33.1 Å². The topological polar surface area (TPSA) is 63.2 Å². The second-order valence-corrected chi connectivity index (χ2v) is 7.78. The van der Waals surface area contributed by atoms with E-state index in [0.717, 1.165) is 30.3 Å². The van der Waals surface area contributed by atoms with Gasteiger partial charge in [0.2, 0.25) is 5.91 Å². The van der Waals surface area contributed by atoms with Crippen LogP contribution in [0.5, 0.6) is 0 Å². The Bertz CT molecular complexity index is 647. The van der Waals surface area contributed by atoms with Crippen LogP contribution in [0, 0.1) is 6.92 Å². The van der Waals surface area contributed by atoms with Crippen LogP contribution in [0.25, 0.3) is 10.6 Å². The Labute approximate surface area is 144 Å². The molecule has 1 aliphatic heterocycles. The molecule has 7 heteroatoms. The number of carbonyl (C=O) groups is 1. The van der Waals surface area contributed by atoms with Crippen LogP contribution in [0.15, 0.2) is 17.5 Å². The van der Waals surface area contributed by atoms with Crippen molar-refractivity contribution >= 4 is 28.6 Å². The predicted octanol–water partition coefficient (Wildman–Crippen LogP) is 2.22. The first-order valence-electron chi connectivity index (χ1n) is 7.80. The van der Waals surface area contributed by atoms with Crippen LogP contribution in [0.1, 0.15) is 16.3 Å². The van der Waals surface area contributed by atoms with E-state index in [4.69, 9.17) is 4.74 Å². The zero-order valence-electron chi connectivity index (χ0n) is 13.1. The van der Waals surface area contributed by atoms with Gasteiger partial charge in [-0.3, -0.25) is 4.79 Å². The van der Waals surface area contributed by atoms with Gasteiger partial charge in [0.1, 0.15) is 0 Å². The predicted molar refractivity (Wildman–Crippen MR) is 94.1 cm³/mol. The first-order chi connectivity index (χ1) is 11.2. The third-order valence-electron chi connectivity index (χ3n) is 3.66. The van der Waals surface area contributed by atoms with Crippen molar-refractivity contribution in [2.75, 3.05) is 26.3 Å². The van der Waals surface area contributed by atoms with Crippen molar-refractivity contribution in [3.05, 3.63) is 27.4 Å². The summed E-state index contributed by atoms with van der Waals surface area (Å²) < 4.78 is 5.36. The Morgan fingerprint density at radius 3 is 3.17 bits per heavy atom. The molecule has 2 N–H and O–H groups in total. The highest BCUT2D eigenvalue weighted by molar-refractivity contribution is 7.16. The molecule has 0 saturated carbocycles. The first-order valence-corrected chi connectivity index (χ1v) is 9.49. The van der Waals surface area contributed by atoms with Crippen molar-refractivity contribution in [3.8, 4) is 10.6 Å². The standard InChI is InChI=1S/C16H21N3O2S2/c1-11-19-14(10-22-11)15-3-2-13(23-15)4-5-18-16(20)8-12-9-21-7-6-17-12/h2-3,10,12,17H,4-9H2,1H3,(H,18,20). The van der Waals surface area contributed by atoms with E-state index >= 15 is 0 Å². The number of amides is 1. The van der Waals surface area contributed by atoms with Crippen LogP contribution in [-0.2, 0) is 16.0 Å². The molecule has 0 spiro atoms. The average molecular weight is 351 g/mol. The average Bonchev–Trinajstić information content (AvgIpc) is 3.17. The number of nitrogens with zero attached hydrogens (tertiary/aromatic N) is 1. The number of ether oxygens (including phenoxy) is 1. The summed E-state index contributed by atoms with van der Waals surface area (Å²) in [5, 5.41) is 9.46. The minimum absolute atomic E-state index is 0.0832. The molecule has 2 aromatic heterocycles. The molecule has 3 heterocycles. The lowest BCUT2D eigenvalue weighted by atomic mass is 10.2. The largest absolute Gasteiger partial charge is 0.378 e. The molecule has 0 radical (unpaired) electrons. The molecule has 1 amide bonds. The van der Waals surface area contributed by atoms with E-state index in [-0.39, 0.29) is 11.9 Å². The smallest absolute Gasteiger partial charge is 0.221 e. The highest BCUT2D eigenvalue weighted by Crippen LogP contribution is 2.29. The van der Waals surface area contributed by atoms with Gasteiger partial charge >= 0.3 is 0 Å². The molecular formula is C16H21N3O2S2. The number of aromatic nitrogens is 1. The summed E-state index contributed by atoms with van der Waals surface area (Å²) in [4.78, 5) is 18.9. The van der Waals surface area contributed by atoms with Gasteiger partial charge in [-0.15, -0.1) is 22.7 Å². The van der Waals surface area contributed by atoms with Crippen molar-refractivity contribution in [1.82, 2.24) is 15.6 Å². The highest BCUT2D eigenvalue weighted by Gasteiger charge is 2.16. The summed E-state index contributed by atoms with van der Waals surface area (Å²) in [6.07, 6.45) is 1.34. The highest BCUT2D eigenvalue weighted by atomic mass is 32.1. The number of hydrogen-bond donors (Lipinski definition) is 2.